The number of rotatable bonds is 4. The van der Waals surface area contributed by atoms with Crippen LogP contribution in [0, 0.1) is 5.82 Å². The molecule has 0 aliphatic heterocycles. The molecule has 4 N–H and O–H groups in total. The summed E-state index contributed by atoms with van der Waals surface area (Å²) in [5.41, 5.74) is 5.28. The summed E-state index contributed by atoms with van der Waals surface area (Å²) in [4.78, 5) is 10.9. The summed E-state index contributed by atoms with van der Waals surface area (Å²) in [5.74, 6) is -3.55. The number of hydrogen-bond acceptors (Lipinski definition) is 4. The van der Waals surface area contributed by atoms with Crippen LogP contribution in [-0.4, -0.2) is 29.8 Å². The fourth-order valence-electron chi connectivity index (χ4n) is 1.44. The lowest BCUT2D eigenvalue weighted by atomic mass is 9.97. The number of methoxy groups -OCH3 is 1. The summed E-state index contributed by atoms with van der Waals surface area (Å²) >= 11 is 0. The molecule has 0 aromatic heterocycles. The second-order valence-electron chi connectivity index (χ2n) is 3.17. The van der Waals surface area contributed by atoms with E-state index in [2.05, 4.69) is 0 Å². The zero-order chi connectivity index (χ0) is 12.3. The van der Waals surface area contributed by atoms with Gasteiger partial charge < -0.3 is 20.7 Å². The minimum atomic E-state index is -1.21. The first-order chi connectivity index (χ1) is 7.51. The molecule has 0 aliphatic carbocycles. The minimum Gasteiger partial charge on any atom is -0.507 e. The lowest BCUT2D eigenvalue weighted by Crippen LogP contribution is -2.22. The Balaban J connectivity index is 3.35. The van der Waals surface area contributed by atoms with Crippen LogP contribution in [0.4, 0.5) is 4.39 Å². The molecule has 0 heterocycles. The monoisotopic (exact) mass is 229 g/mol. The number of carboxylic acid groups (broad SMARTS) is 1. The van der Waals surface area contributed by atoms with Crippen LogP contribution >= 0.6 is 0 Å². The fraction of sp³-hybridized carbons (Fsp3) is 0.300. The highest BCUT2D eigenvalue weighted by atomic mass is 19.1. The maximum absolute atomic E-state index is 12.9. The molecular weight excluding hydrogens is 217 g/mol. The Labute approximate surface area is 91.3 Å². The normalized spacial score (nSPS) is 12.2. The summed E-state index contributed by atoms with van der Waals surface area (Å²) in [6, 6.07) is 1.82. The van der Waals surface area contributed by atoms with Gasteiger partial charge in [0.1, 0.15) is 23.2 Å². The van der Waals surface area contributed by atoms with Gasteiger partial charge in [-0.2, -0.15) is 0 Å². The Bertz CT molecular complexity index is 408. The smallest absolute Gasteiger partial charge is 0.312 e. The van der Waals surface area contributed by atoms with E-state index in [1.807, 2.05) is 0 Å². The first-order valence-corrected chi connectivity index (χ1v) is 4.50. The average Bonchev–Trinajstić information content (AvgIpc) is 2.21. The van der Waals surface area contributed by atoms with Gasteiger partial charge >= 0.3 is 5.97 Å². The molecule has 6 heteroatoms. The van der Waals surface area contributed by atoms with E-state index in [-0.39, 0.29) is 17.9 Å². The van der Waals surface area contributed by atoms with E-state index >= 15 is 0 Å². The van der Waals surface area contributed by atoms with E-state index in [0.29, 0.717) is 0 Å². The predicted octanol–water partition coefficient (Wildman–Crippen LogP) is 0.667. The highest BCUT2D eigenvalue weighted by Crippen LogP contribution is 2.35. The number of ether oxygens (including phenoxy) is 1. The summed E-state index contributed by atoms with van der Waals surface area (Å²) in [6.07, 6.45) is 0. The van der Waals surface area contributed by atoms with Gasteiger partial charge in [-0.25, -0.2) is 4.39 Å². The van der Waals surface area contributed by atoms with E-state index in [9.17, 15) is 14.3 Å². The lowest BCUT2D eigenvalue weighted by molar-refractivity contribution is -0.138. The summed E-state index contributed by atoms with van der Waals surface area (Å²) < 4.78 is 17.8. The highest BCUT2D eigenvalue weighted by Gasteiger charge is 2.26. The van der Waals surface area contributed by atoms with Crippen LogP contribution in [0.5, 0.6) is 11.5 Å². The Morgan fingerprint density at radius 1 is 1.62 bits per heavy atom. The van der Waals surface area contributed by atoms with Crippen molar-refractivity contribution < 1.29 is 24.1 Å². The molecule has 0 spiro atoms. The van der Waals surface area contributed by atoms with Crippen molar-refractivity contribution in [1.82, 2.24) is 0 Å². The number of carbonyl (C=O) groups is 1. The first-order valence-electron chi connectivity index (χ1n) is 4.50. The van der Waals surface area contributed by atoms with Gasteiger partial charge in [-0.15, -0.1) is 0 Å². The molecule has 0 aliphatic rings. The van der Waals surface area contributed by atoms with Crippen molar-refractivity contribution >= 4 is 5.97 Å². The Kier molecular flexibility index (Phi) is 3.68. The molecule has 0 saturated carbocycles. The van der Waals surface area contributed by atoms with Crippen LogP contribution in [0.1, 0.15) is 11.5 Å². The maximum atomic E-state index is 12.9. The first kappa shape index (κ1) is 12.3. The topological polar surface area (TPSA) is 92.8 Å². The zero-order valence-electron chi connectivity index (χ0n) is 8.61. The highest BCUT2D eigenvalue weighted by molar-refractivity contribution is 5.79. The van der Waals surface area contributed by atoms with Crippen LogP contribution in [0.2, 0.25) is 0 Å². The molecular formula is C10H12FNO4. The molecule has 0 amide bonds. The maximum Gasteiger partial charge on any atom is 0.312 e. The largest absolute Gasteiger partial charge is 0.507 e. The third-order valence-electron chi connectivity index (χ3n) is 2.19. The van der Waals surface area contributed by atoms with Crippen LogP contribution in [0.15, 0.2) is 12.1 Å². The van der Waals surface area contributed by atoms with E-state index in [1.165, 1.54) is 7.11 Å². The van der Waals surface area contributed by atoms with Crippen molar-refractivity contribution in [3.05, 3.63) is 23.5 Å². The third kappa shape index (κ3) is 2.22. The number of benzene rings is 1. The van der Waals surface area contributed by atoms with Gasteiger partial charge in [-0.1, -0.05) is 0 Å². The number of hydrogen-bond donors (Lipinski definition) is 3. The average molecular weight is 229 g/mol. The van der Waals surface area contributed by atoms with Gasteiger partial charge in [0.25, 0.3) is 0 Å². The molecule has 16 heavy (non-hydrogen) atoms. The Morgan fingerprint density at radius 3 is 2.69 bits per heavy atom. The van der Waals surface area contributed by atoms with E-state index in [4.69, 9.17) is 15.6 Å². The van der Waals surface area contributed by atoms with E-state index in [0.717, 1.165) is 12.1 Å². The fourth-order valence-corrected chi connectivity index (χ4v) is 1.44. The van der Waals surface area contributed by atoms with Crippen molar-refractivity contribution in [1.29, 1.82) is 0 Å². The van der Waals surface area contributed by atoms with Gasteiger partial charge in [0.2, 0.25) is 0 Å². The summed E-state index contributed by atoms with van der Waals surface area (Å²) in [6.45, 7) is -0.217. The SMILES string of the molecule is COc1cc(F)cc(O)c1C(CN)C(=O)O. The van der Waals surface area contributed by atoms with Crippen LogP contribution in [-0.2, 0) is 4.79 Å². The summed E-state index contributed by atoms with van der Waals surface area (Å²) in [7, 11) is 1.26. The zero-order valence-corrected chi connectivity index (χ0v) is 8.61. The molecule has 0 radical (unpaired) electrons. The second-order valence-corrected chi connectivity index (χ2v) is 3.17. The van der Waals surface area contributed by atoms with Crippen molar-refractivity contribution in [2.75, 3.05) is 13.7 Å². The Hall–Kier alpha value is -1.82. The molecule has 0 bridgehead atoms. The van der Waals surface area contributed by atoms with Crippen molar-refractivity contribution in [3.8, 4) is 11.5 Å². The van der Waals surface area contributed by atoms with Gasteiger partial charge in [0.05, 0.1) is 12.7 Å². The standard InChI is InChI=1S/C10H12FNO4/c1-16-8-3-5(11)2-7(13)9(8)6(4-12)10(14)15/h2-3,6,13H,4,12H2,1H3,(H,14,15). The number of phenols is 1. The number of carboxylic acids is 1. The number of aromatic hydroxyl groups is 1. The van der Waals surface area contributed by atoms with Crippen molar-refractivity contribution in [2.45, 2.75) is 5.92 Å². The van der Waals surface area contributed by atoms with E-state index < -0.39 is 23.5 Å². The lowest BCUT2D eigenvalue weighted by Gasteiger charge is -2.15. The number of halogens is 1. The molecule has 88 valence electrons. The third-order valence-corrected chi connectivity index (χ3v) is 2.19. The van der Waals surface area contributed by atoms with Crippen LogP contribution < -0.4 is 10.5 Å². The quantitative estimate of drug-likeness (QED) is 0.705. The Morgan fingerprint density at radius 2 is 2.25 bits per heavy atom. The molecule has 5 nitrogen and oxygen atoms in total. The van der Waals surface area contributed by atoms with Gasteiger partial charge in [0.15, 0.2) is 0 Å². The van der Waals surface area contributed by atoms with Gasteiger partial charge in [-0.05, 0) is 0 Å². The summed E-state index contributed by atoms with van der Waals surface area (Å²) in [5, 5.41) is 18.4. The van der Waals surface area contributed by atoms with Crippen LogP contribution in [0.3, 0.4) is 0 Å². The molecule has 1 aromatic rings. The second kappa shape index (κ2) is 4.80. The number of aliphatic carboxylic acids is 1. The molecule has 0 fully saturated rings. The number of phenolic OH excluding ortho intramolecular Hbond substituents is 1. The predicted molar refractivity (Wildman–Crippen MR) is 54.0 cm³/mol. The molecule has 1 rings (SSSR count). The number of nitrogens with two attached hydrogens (primary N) is 1. The van der Waals surface area contributed by atoms with Crippen molar-refractivity contribution in [3.63, 3.8) is 0 Å². The van der Waals surface area contributed by atoms with E-state index in [1.54, 1.807) is 0 Å². The van der Waals surface area contributed by atoms with Gasteiger partial charge in [0, 0.05) is 18.7 Å². The molecule has 0 saturated heterocycles. The minimum absolute atomic E-state index is 0.0149. The van der Waals surface area contributed by atoms with Crippen LogP contribution in [0.25, 0.3) is 0 Å². The molecule has 1 aromatic carbocycles. The molecule has 1 unspecified atom stereocenters. The van der Waals surface area contributed by atoms with Crippen molar-refractivity contribution in [2.24, 2.45) is 5.73 Å². The molecule has 1 atom stereocenters. The van der Waals surface area contributed by atoms with Gasteiger partial charge in [-0.3, -0.25) is 4.79 Å².